The van der Waals surface area contributed by atoms with Gasteiger partial charge in [-0.2, -0.15) is 0 Å². The van der Waals surface area contributed by atoms with Gasteiger partial charge in [-0.1, -0.05) is 18.7 Å². The van der Waals surface area contributed by atoms with Gasteiger partial charge in [0.2, 0.25) is 0 Å². The zero-order chi connectivity index (χ0) is 9.61. The van der Waals surface area contributed by atoms with Crippen LogP contribution in [0.4, 0.5) is 0 Å². The van der Waals surface area contributed by atoms with Crippen LogP contribution in [0, 0.1) is 0 Å². The average Bonchev–Trinajstić information content (AvgIpc) is 1.98. The van der Waals surface area contributed by atoms with Crippen LogP contribution in [-0.2, 0) is 20.9 Å². The van der Waals surface area contributed by atoms with Crippen LogP contribution >= 0.6 is 0 Å². The van der Waals surface area contributed by atoms with Crippen LogP contribution in [-0.4, -0.2) is 28.7 Å². The lowest BCUT2D eigenvalue weighted by molar-refractivity contribution is 0.567. The van der Waals surface area contributed by atoms with Crippen molar-refractivity contribution in [3.63, 3.8) is 0 Å². The van der Waals surface area contributed by atoms with Crippen LogP contribution in [0.25, 0.3) is 0 Å². The van der Waals surface area contributed by atoms with Gasteiger partial charge in [0.1, 0.15) is 0 Å². The summed E-state index contributed by atoms with van der Waals surface area (Å²) in [6.45, 7) is 3.11. The highest BCUT2D eigenvalue weighted by atomic mass is 32.2. The fourth-order valence-corrected chi connectivity index (χ4v) is 1.26. The van der Waals surface area contributed by atoms with Crippen molar-refractivity contribution in [3.8, 4) is 0 Å². The topological polar surface area (TPSA) is 71.4 Å². The summed E-state index contributed by atoms with van der Waals surface area (Å²) in [5.41, 5.74) is 0. The molecule has 0 saturated heterocycles. The lowest BCUT2D eigenvalue weighted by Crippen LogP contribution is -1.98. The Kier molecular flexibility index (Phi) is 5.03. The second kappa shape index (κ2) is 5.23. The summed E-state index contributed by atoms with van der Waals surface area (Å²) in [4.78, 5) is 0. The van der Waals surface area contributed by atoms with E-state index in [0.29, 0.717) is 0 Å². The minimum atomic E-state index is -3.22. The molecule has 0 saturated carbocycles. The van der Waals surface area contributed by atoms with Crippen molar-refractivity contribution in [2.45, 2.75) is 0 Å². The molecule has 70 valence electrons. The van der Waals surface area contributed by atoms with Crippen LogP contribution in [0.1, 0.15) is 0 Å². The van der Waals surface area contributed by atoms with E-state index in [1.807, 2.05) is 0 Å². The largest absolute Gasteiger partial charge is 0.306 e. The maximum atomic E-state index is 10.7. The number of hydrogen-bond acceptors (Lipinski definition) is 3. The Morgan fingerprint density at radius 2 is 2.00 bits per heavy atom. The molecule has 1 N–H and O–H groups in total. The van der Waals surface area contributed by atoms with Crippen molar-refractivity contribution in [2.75, 3.05) is 11.5 Å². The molecule has 1 unspecified atom stereocenters. The van der Waals surface area contributed by atoms with Crippen molar-refractivity contribution in [1.82, 2.24) is 0 Å². The van der Waals surface area contributed by atoms with Crippen LogP contribution in [0.15, 0.2) is 24.1 Å². The zero-order valence-corrected chi connectivity index (χ0v) is 7.97. The predicted octanol–water partition coefficient (Wildman–Crippen LogP) is 0.323. The summed E-state index contributed by atoms with van der Waals surface area (Å²) < 4.78 is 39.8. The van der Waals surface area contributed by atoms with Gasteiger partial charge in [0.05, 0.1) is 11.5 Å². The van der Waals surface area contributed by atoms with E-state index in [1.165, 1.54) is 12.2 Å². The third kappa shape index (κ3) is 6.26. The van der Waals surface area contributed by atoms with Gasteiger partial charge in [0, 0.05) is 5.41 Å². The first kappa shape index (κ1) is 11.5. The molecule has 0 spiro atoms. The standard InChI is InChI=1S/C6H10O4S2/c1-2-12(9,10)6-4-3-5-11(7)8/h2-4H,1,5-6H2,(H,7,8)/b4-3+. The Morgan fingerprint density at radius 1 is 1.42 bits per heavy atom. The summed E-state index contributed by atoms with van der Waals surface area (Å²) in [6, 6.07) is 0. The molecule has 0 aromatic heterocycles. The van der Waals surface area contributed by atoms with Gasteiger partial charge >= 0.3 is 0 Å². The molecule has 1 atom stereocenters. The quantitative estimate of drug-likeness (QED) is 0.524. The first-order valence-electron chi connectivity index (χ1n) is 3.05. The highest BCUT2D eigenvalue weighted by Gasteiger charge is 1.99. The third-order valence-corrected chi connectivity index (χ3v) is 2.63. The van der Waals surface area contributed by atoms with Crippen LogP contribution in [0.3, 0.4) is 0 Å². The minimum absolute atomic E-state index is 0.0489. The van der Waals surface area contributed by atoms with Crippen molar-refractivity contribution in [2.24, 2.45) is 0 Å². The molecule has 0 heterocycles. The lowest BCUT2D eigenvalue weighted by atomic mass is 10.6. The maximum absolute atomic E-state index is 10.7. The summed E-state index contributed by atoms with van der Waals surface area (Å²) in [7, 11) is -3.22. The van der Waals surface area contributed by atoms with E-state index in [-0.39, 0.29) is 11.5 Å². The molecule has 0 aliphatic rings. The van der Waals surface area contributed by atoms with Crippen molar-refractivity contribution >= 4 is 20.9 Å². The highest BCUT2D eigenvalue weighted by Crippen LogP contribution is 1.91. The van der Waals surface area contributed by atoms with Crippen molar-refractivity contribution in [1.29, 1.82) is 0 Å². The molecule has 0 aliphatic heterocycles. The molecule has 0 aromatic carbocycles. The fraction of sp³-hybridized carbons (Fsp3) is 0.333. The summed E-state index contributed by atoms with van der Waals surface area (Å²) in [6.07, 6.45) is 2.67. The molecule has 4 nitrogen and oxygen atoms in total. The second-order valence-electron chi connectivity index (χ2n) is 1.96. The molecule has 0 radical (unpaired) electrons. The molecule has 6 heteroatoms. The van der Waals surface area contributed by atoms with Gasteiger partial charge in [-0.3, -0.25) is 0 Å². The van der Waals surface area contributed by atoms with Gasteiger partial charge in [-0.05, 0) is 0 Å². The number of rotatable bonds is 5. The zero-order valence-electron chi connectivity index (χ0n) is 6.34. The molecular weight excluding hydrogens is 200 g/mol. The lowest BCUT2D eigenvalue weighted by Gasteiger charge is -1.89. The fourth-order valence-electron chi connectivity index (χ4n) is 0.421. The first-order valence-corrected chi connectivity index (χ1v) is 6.04. The van der Waals surface area contributed by atoms with Crippen molar-refractivity contribution < 1.29 is 17.2 Å². The van der Waals surface area contributed by atoms with Gasteiger partial charge in [-0.25, -0.2) is 12.6 Å². The number of hydrogen-bond donors (Lipinski definition) is 1. The van der Waals surface area contributed by atoms with E-state index in [4.69, 9.17) is 4.55 Å². The maximum Gasteiger partial charge on any atom is 0.174 e. The SMILES string of the molecule is C=CS(=O)(=O)C/C=C/CS(=O)O. The van der Waals surface area contributed by atoms with Gasteiger partial charge in [-0.15, -0.1) is 0 Å². The molecule has 0 fully saturated rings. The molecule has 0 aliphatic carbocycles. The second-order valence-corrected chi connectivity index (χ2v) is 4.92. The predicted molar refractivity (Wildman–Crippen MR) is 48.8 cm³/mol. The summed E-state index contributed by atoms with van der Waals surface area (Å²) >= 11 is -1.90. The first-order chi connectivity index (χ1) is 5.48. The molecule has 0 aromatic rings. The van der Waals surface area contributed by atoms with Gasteiger partial charge in [0.15, 0.2) is 20.9 Å². The van der Waals surface area contributed by atoms with E-state index in [9.17, 15) is 12.6 Å². The van der Waals surface area contributed by atoms with E-state index in [2.05, 4.69) is 6.58 Å². The van der Waals surface area contributed by atoms with E-state index in [0.717, 1.165) is 5.41 Å². The van der Waals surface area contributed by atoms with Crippen molar-refractivity contribution in [3.05, 3.63) is 24.1 Å². The molecule has 0 bridgehead atoms. The summed E-state index contributed by atoms with van der Waals surface area (Å²) in [5.74, 6) is -0.222. The van der Waals surface area contributed by atoms with Crippen LogP contribution in [0.5, 0.6) is 0 Å². The Bertz CT molecular complexity index is 289. The van der Waals surface area contributed by atoms with Gasteiger partial charge < -0.3 is 4.55 Å². The molecule has 0 rings (SSSR count). The van der Waals surface area contributed by atoms with E-state index < -0.39 is 20.9 Å². The average molecular weight is 210 g/mol. The molecular formula is C6H10O4S2. The monoisotopic (exact) mass is 210 g/mol. The Labute approximate surface area is 74.2 Å². The highest BCUT2D eigenvalue weighted by molar-refractivity contribution is 7.94. The summed E-state index contributed by atoms with van der Waals surface area (Å²) in [5, 5.41) is 0.854. The van der Waals surface area contributed by atoms with Crippen LogP contribution < -0.4 is 0 Å². The van der Waals surface area contributed by atoms with Crippen LogP contribution in [0.2, 0.25) is 0 Å². The Balaban J connectivity index is 3.91. The Morgan fingerprint density at radius 3 is 2.42 bits per heavy atom. The van der Waals surface area contributed by atoms with E-state index in [1.54, 1.807) is 0 Å². The Hall–Kier alpha value is -0.460. The number of sulfone groups is 1. The van der Waals surface area contributed by atoms with E-state index >= 15 is 0 Å². The molecule has 12 heavy (non-hydrogen) atoms. The van der Waals surface area contributed by atoms with Gasteiger partial charge in [0.25, 0.3) is 0 Å². The normalized spacial score (nSPS) is 14.8. The minimum Gasteiger partial charge on any atom is -0.306 e. The third-order valence-electron chi connectivity index (χ3n) is 0.988. The smallest absolute Gasteiger partial charge is 0.174 e. The molecule has 0 amide bonds.